The number of nitro groups is 1. The number of rotatable bonds is 9. The summed E-state index contributed by atoms with van der Waals surface area (Å²) >= 11 is 0. The summed E-state index contributed by atoms with van der Waals surface area (Å²) in [6, 6.07) is 2.73. The summed E-state index contributed by atoms with van der Waals surface area (Å²) in [5.74, 6) is -0.0618. The van der Waals surface area contributed by atoms with Gasteiger partial charge in [0.2, 0.25) is 0 Å². The zero-order valence-corrected chi connectivity index (χ0v) is 15.6. The van der Waals surface area contributed by atoms with Crippen molar-refractivity contribution in [2.24, 2.45) is 0 Å². The van der Waals surface area contributed by atoms with E-state index in [4.69, 9.17) is 14.2 Å². The molecule has 0 aliphatic carbocycles. The van der Waals surface area contributed by atoms with Gasteiger partial charge in [-0.05, 0) is 19.4 Å². The monoisotopic (exact) mass is 389 g/mol. The minimum absolute atomic E-state index is 0. The molecular weight excluding hydrogens is 366 g/mol. The van der Waals surface area contributed by atoms with Crippen molar-refractivity contribution in [3.63, 3.8) is 0 Å². The van der Waals surface area contributed by atoms with E-state index in [-0.39, 0.29) is 47.8 Å². The van der Waals surface area contributed by atoms with E-state index in [2.05, 4.69) is 10.6 Å². The summed E-state index contributed by atoms with van der Waals surface area (Å²) in [4.78, 5) is 23.2. The van der Waals surface area contributed by atoms with Crippen molar-refractivity contribution in [2.45, 2.75) is 18.9 Å². The molecule has 146 valence electrons. The number of nitro benzene ring substituents is 1. The lowest BCUT2D eigenvalue weighted by atomic mass is 10.1. The average molecular weight is 390 g/mol. The molecule has 1 amide bonds. The Morgan fingerprint density at radius 3 is 2.69 bits per heavy atom. The van der Waals surface area contributed by atoms with Gasteiger partial charge < -0.3 is 24.8 Å². The normalized spacial score (nSPS) is 15.8. The lowest BCUT2D eigenvalue weighted by Crippen LogP contribution is -2.37. The first-order valence-electron chi connectivity index (χ1n) is 8.06. The first kappa shape index (κ1) is 21.9. The third-order valence-corrected chi connectivity index (χ3v) is 3.94. The molecule has 0 aromatic heterocycles. The molecule has 2 rings (SSSR count). The minimum Gasteiger partial charge on any atom is -0.493 e. The van der Waals surface area contributed by atoms with Crippen LogP contribution in [0, 0.1) is 10.1 Å². The van der Waals surface area contributed by atoms with Crippen LogP contribution >= 0.6 is 12.4 Å². The summed E-state index contributed by atoms with van der Waals surface area (Å²) in [5, 5.41) is 17.4. The Bertz CT molecular complexity index is 622. The molecule has 1 aliphatic heterocycles. The largest absolute Gasteiger partial charge is 0.493 e. The maximum atomic E-state index is 12.4. The van der Waals surface area contributed by atoms with Crippen LogP contribution in [0.1, 0.15) is 23.2 Å². The van der Waals surface area contributed by atoms with Crippen LogP contribution in [0.4, 0.5) is 5.69 Å². The molecule has 1 saturated heterocycles. The molecule has 1 aromatic carbocycles. The van der Waals surface area contributed by atoms with Gasteiger partial charge in [-0.25, -0.2) is 0 Å². The Morgan fingerprint density at radius 1 is 1.35 bits per heavy atom. The van der Waals surface area contributed by atoms with Crippen molar-refractivity contribution in [1.82, 2.24) is 10.6 Å². The van der Waals surface area contributed by atoms with Crippen LogP contribution in [0.15, 0.2) is 12.1 Å². The van der Waals surface area contributed by atoms with Crippen LogP contribution in [0.2, 0.25) is 0 Å². The first-order valence-corrected chi connectivity index (χ1v) is 8.06. The van der Waals surface area contributed by atoms with Gasteiger partial charge in [0.1, 0.15) is 12.2 Å². The summed E-state index contributed by atoms with van der Waals surface area (Å²) in [7, 11) is 2.93. The second-order valence-corrected chi connectivity index (χ2v) is 5.62. The van der Waals surface area contributed by atoms with E-state index in [1.54, 1.807) is 0 Å². The highest BCUT2D eigenvalue weighted by Crippen LogP contribution is 2.34. The zero-order valence-electron chi connectivity index (χ0n) is 14.8. The quantitative estimate of drug-likeness (QED) is 0.374. The standard InChI is InChI=1S/C16H23N3O6.ClH/c1-23-6-7-25-15-9-13(19(21)22)12(8-14(15)24-2)16(20)18-10-11-4-3-5-17-11;/h8-9,11,17H,3-7,10H2,1-2H3,(H,18,20);1H. The van der Waals surface area contributed by atoms with E-state index in [1.165, 1.54) is 26.4 Å². The van der Waals surface area contributed by atoms with Crippen LogP contribution in [-0.4, -0.2) is 57.4 Å². The molecule has 1 aliphatic rings. The lowest BCUT2D eigenvalue weighted by Gasteiger charge is -2.14. The molecule has 0 radical (unpaired) electrons. The molecule has 0 spiro atoms. The van der Waals surface area contributed by atoms with E-state index in [0.29, 0.717) is 13.2 Å². The Hall–Kier alpha value is -2.10. The van der Waals surface area contributed by atoms with Crippen molar-refractivity contribution in [1.29, 1.82) is 0 Å². The average Bonchev–Trinajstić information content (AvgIpc) is 3.12. The minimum atomic E-state index is -0.606. The molecule has 1 heterocycles. The number of carbonyl (C=O) groups excluding carboxylic acids is 1. The van der Waals surface area contributed by atoms with Gasteiger partial charge in [-0.15, -0.1) is 12.4 Å². The first-order chi connectivity index (χ1) is 12.1. The molecule has 1 atom stereocenters. The van der Waals surface area contributed by atoms with E-state index < -0.39 is 10.8 Å². The number of amides is 1. The second kappa shape index (κ2) is 10.8. The van der Waals surface area contributed by atoms with Crippen molar-refractivity contribution < 1.29 is 23.9 Å². The van der Waals surface area contributed by atoms with E-state index in [1.807, 2.05) is 0 Å². The molecule has 1 unspecified atom stereocenters. The summed E-state index contributed by atoms with van der Waals surface area (Å²) in [6.07, 6.45) is 2.03. The van der Waals surface area contributed by atoms with Gasteiger partial charge in [0.05, 0.1) is 24.7 Å². The highest BCUT2D eigenvalue weighted by molar-refractivity contribution is 5.99. The molecule has 26 heavy (non-hydrogen) atoms. The van der Waals surface area contributed by atoms with Crippen molar-refractivity contribution in [3.05, 3.63) is 27.8 Å². The van der Waals surface area contributed by atoms with Gasteiger partial charge in [0, 0.05) is 25.8 Å². The van der Waals surface area contributed by atoms with Gasteiger partial charge in [-0.2, -0.15) is 0 Å². The van der Waals surface area contributed by atoms with Crippen molar-refractivity contribution in [3.8, 4) is 11.5 Å². The van der Waals surface area contributed by atoms with Gasteiger partial charge in [-0.3, -0.25) is 14.9 Å². The Labute approximate surface area is 157 Å². The number of carbonyl (C=O) groups is 1. The van der Waals surface area contributed by atoms with Crippen LogP contribution in [0.3, 0.4) is 0 Å². The molecule has 9 nitrogen and oxygen atoms in total. The van der Waals surface area contributed by atoms with Gasteiger partial charge in [0.15, 0.2) is 11.5 Å². The predicted octanol–water partition coefficient (Wildman–Crippen LogP) is 1.53. The summed E-state index contributed by atoms with van der Waals surface area (Å²) in [5.41, 5.74) is -0.385. The second-order valence-electron chi connectivity index (χ2n) is 5.62. The van der Waals surface area contributed by atoms with Gasteiger partial charge in [0.25, 0.3) is 11.6 Å². The van der Waals surface area contributed by atoms with Gasteiger partial charge in [-0.1, -0.05) is 0 Å². The number of halogens is 1. The van der Waals surface area contributed by atoms with Crippen LogP contribution < -0.4 is 20.1 Å². The Morgan fingerprint density at radius 2 is 2.12 bits per heavy atom. The topological polar surface area (TPSA) is 112 Å². The fraction of sp³-hybridized carbons (Fsp3) is 0.562. The maximum Gasteiger partial charge on any atom is 0.286 e. The molecular formula is C16H24ClN3O6. The fourth-order valence-corrected chi connectivity index (χ4v) is 2.63. The third-order valence-electron chi connectivity index (χ3n) is 3.94. The molecule has 0 bridgehead atoms. The summed E-state index contributed by atoms with van der Waals surface area (Å²) in [6.45, 7) is 1.88. The summed E-state index contributed by atoms with van der Waals surface area (Å²) < 4.78 is 15.5. The predicted molar refractivity (Wildman–Crippen MR) is 97.6 cm³/mol. The molecule has 1 fully saturated rings. The van der Waals surface area contributed by atoms with E-state index in [0.717, 1.165) is 19.4 Å². The fourth-order valence-electron chi connectivity index (χ4n) is 2.63. The maximum absolute atomic E-state index is 12.4. The Balaban J connectivity index is 0.00000338. The number of methoxy groups -OCH3 is 2. The van der Waals surface area contributed by atoms with E-state index >= 15 is 0 Å². The Kier molecular flexibility index (Phi) is 9.11. The number of hydrogen-bond donors (Lipinski definition) is 2. The van der Waals surface area contributed by atoms with Gasteiger partial charge >= 0.3 is 0 Å². The molecule has 1 aromatic rings. The number of hydrogen-bond acceptors (Lipinski definition) is 7. The zero-order chi connectivity index (χ0) is 18.2. The smallest absolute Gasteiger partial charge is 0.286 e. The van der Waals surface area contributed by atoms with Crippen LogP contribution in [0.5, 0.6) is 11.5 Å². The number of ether oxygens (including phenoxy) is 3. The SMILES string of the molecule is COCCOc1cc([N+](=O)[O-])c(C(=O)NCC2CCCN2)cc1OC.Cl. The van der Waals surface area contributed by atoms with Crippen LogP contribution in [0.25, 0.3) is 0 Å². The molecule has 0 saturated carbocycles. The number of nitrogens with zero attached hydrogens (tertiary/aromatic N) is 1. The van der Waals surface area contributed by atoms with Crippen molar-refractivity contribution in [2.75, 3.05) is 40.5 Å². The number of nitrogens with one attached hydrogen (secondary N) is 2. The highest BCUT2D eigenvalue weighted by Gasteiger charge is 2.25. The molecule has 10 heteroatoms. The van der Waals surface area contributed by atoms with Crippen LogP contribution in [-0.2, 0) is 4.74 Å². The molecule has 2 N–H and O–H groups in total. The van der Waals surface area contributed by atoms with E-state index in [9.17, 15) is 14.9 Å². The van der Waals surface area contributed by atoms with Crippen molar-refractivity contribution >= 4 is 24.0 Å². The highest BCUT2D eigenvalue weighted by atomic mass is 35.5. The lowest BCUT2D eigenvalue weighted by molar-refractivity contribution is -0.385. The number of benzene rings is 1. The third kappa shape index (κ3) is 5.72.